The van der Waals surface area contributed by atoms with Gasteiger partial charge in [0.1, 0.15) is 11.6 Å². The number of rotatable bonds is 5. The topological polar surface area (TPSA) is 103 Å². The summed E-state index contributed by atoms with van der Waals surface area (Å²) >= 11 is 0. The zero-order chi connectivity index (χ0) is 19.7. The van der Waals surface area contributed by atoms with Gasteiger partial charge in [-0.1, -0.05) is 12.1 Å². The quantitative estimate of drug-likeness (QED) is 0.560. The highest BCUT2D eigenvalue weighted by Gasteiger charge is 2.13. The number of carbonyl (C=O) groups excluding carboxylic acids is 1. The molecule has 0 aliphatic carbocycles. The molecule has 4 aromatic rings. The van der Waals surface area contributed by atoms with Crippen molar-refractivity contribution in [3.63, 3.8) is 0 Å². The van der Waals surface area contributed by atoms with Crippen LogP contribution in [-0.2, 0) is 11.2 Å². The third kappa shape index (κ3) is 3.25. The molecule has 0 saturated carbocycles. The van der Waals surface area contributed by atoms with Crippen molar-refractivity contribution in [1.82, 2.24) is 14.5 Å². The lowest BCUT2D eigenvalue weighted by atomic mass is 10.1. The second-order valence-corrected chi connectivity index (χ2v) is 6.40. The number of H-pyrrole nitrogens is 1. The maximum atomic E-state index is 12.7. The Morgan fingerprint density at radius 3 is 2.68 bits per heavy atom. The lowest BCUT2D eigenvalue weighted by Gasteiger charge is -2.10. The Kier molecular flexibility index (Phi) is 4.41. The van der Waals surface area contributed by atoms with E-state index in [0.717, 1.165) is 22.2 Å². The Hall–Kier alpha value is -3.87. The normalized spacial score (nSPS) is 10.9. The molecule has 1 amide bonds. The first kappa shape index (κ1) is 17.5. The Morgan fingerprint density at radius 1 is 1.18 bits per heavy atom. The summed E-state index contributed by atoms with van der Waals surface area (Å²) in [6, 6.07) is 14.7. The van der Waals surface area contributed by atoms with Crippen LogP contribution in [0.15, 0.2) is 65.7 Å². The van der Waals surface area contributed by atoms with Crippen LogP contribution in [0.4, 0.5) is 0 Å². The first-order valence-electron chi connectivity index (χ1n) is 8.67. The molecule has 0 saturated heterocycles. The third-order valence-corrected chi connectivity index (χ3v) is 4.53. The summed E-state index contributed by atoms with van der Waals surface area (Å²) in [5, 5.41) is 0.848. The fraction of sp³-hybridized carbons (Fsp3) is 0.0952. The molecular formula is C21H18N4O3. The summed E-state index contributed by atoms with van der Waals surface area (Å²) in [7, 11) is 1.60. The number of benzene rings is 2. The monoisotopic (exact) mass is 374 g/mol. The number of nitrogens with two attached hydrogens (primary N) is 1. The summed E-state index contributed by atoms with van der Waals surface area (Å²) in [6.45, 7) is 0. The first-order valence-corrected chi connectivity index (χ1v) is 8.67. The average Bonchev–Trinajstić information content (AvgIpc) is 3.16. The third-order valence-electron chi connectivity index (χ3n) is 4.53. The Morgan fingerprint density at radius 2 is 1.96 bits per heavy atom. The zero-order valence-electron chi connectivity index (χ0n) is 15.2. The van der Waals surface area contributed by atoms with Crippen molar-refractivity contribution in [3.8, 4) is 22.8 Å². The average molecular weight is 374 g/mol. The number of hydrogen-bond donors (Lipinski definition) is 2. The number of primary amides is 1. The van der Waals surface area contributed by atoms with Gasteiger partial charge in [-0.3, -0.25) is 14.2 Å². The minimum atomic E-state index is -0.380. The van der Waals surface area contributed by atoms with E-state index in [1.54, 1.807) is 31.6 Å². The number of nitrogens with one attached hydrogen (secondary N) is 1. The second kappa shape index (κ2) is 7.03. The summed E-state index contributed by atoms with van der Waals surface area (Å²) < 4.78 is 7.09. The molecule has 140 valence electrons. The van der Waals surface area contributed by atoms with Crippen LogP contribution >= 0.6 is 0 Å². The van der Waals surface area contributed by atoms with Crippen molar-refractivity contribution in [3.05, 3.63) is 76.8 Å². The summed E-state index contributed by atoms with van der Waals surface area (Å²) in [5.41, 5.74) is 7.84. The van der Waals surface area contributed by atoms with E-state index in [1.807, 2.05) is 41.0 Å². The number of amides is 1. The molecule has 7 heteroatoms. The van der Waals surface area contributed by atoms with E-state index >= 15 is 0 Å². The molecule has 0 atom stereocenters. The van der Waals surface area contributed by atoms with Crippen molar-refractivity contribution >= 4 is 16.8 Å². The molecule has 3 N–H and O–H groups in total. The van der Waals surface area contributed by atoms with E-state index < -0.39 is 0 Å². The van der Waals surface area contributed by atoms with Crippen molar-refractivity contribution < 1.29 is 9.53 Å². The van der Waals surface area contributed by atoms with Gasteiger partial charge in [0.05, 0.1) is 19.1 Å². The van der Waals surface area contributed by atoms with Crippen molar-refractivity contribution in [2.75, 3.05) is 7.11 Å². The fourth-order valence-electron chi connectivity index (χ4n) is 3.16. The van der Waals surface area contributed by atoms with Crippen molar-refractivity contribution in [2.45, 2.75) is 6.42 Å². The van der Waals surface area contributed by atoms with E-state index in [-0.39, 0.29) is 17.9 Å². The van der Waals surface area contributed by atoms with Gasteiger partial charge in [-0.2, -0.15) is 0 Å². The number of fused-ring (bicyclic) bond motifs is 1. The first-order chi connectivity index (χ1) is 13.5. The van der Waals surface area contributed by atoms with Gasteiger partial charge in [0.15, 0.2) is 0 Å². The van der Waals surface area contributed by atoms with Gasteiger partial charge in [0, 0.05) is 29.0 Å². The Bertz CT molecular complexity index is 1220. The minimum absolute atomic E-state index is 0.184. The predicted molar refractivity (Wildman–Crippen MR) is 107 cm³/mol. The summed E-state index contributed by atoms with van der Waals surface area (Å²) in [6.07, 6.45) is 3.61. The van der Waals surface area contributed by atoms with E-state index in [9.17, 15) is 9.59 Å². The lowest BCUT2D eigenvalue weighted by Crippen LogP contribution is -2.13. The highest BCUT2D eigenvalue weighted by Crippen LogP contribution is 2.24. The van der Waals surface area contributed by atoms with E-state index in [1.165, 1.54) is 0 Å². The SMILES string of the molecule is COc1ccc2[nH]c(=O)c(-c3nccn3-c3ccc(CC(N)=O)cc3)cc2c1. The Labute approximate surface area is 160 Å². The fourth-order valence-corrected chi connectivity index (χ4v) is 3.16. The number of ether oxygens (including phenoxy) is 1. The molecule has 2 heterocycles. The van der Waals surface area contributed by atoms with Crippen LogP contribution in [0.2, 0.25) is 0 Å². The maximum Gasteiger partial charge on any atom is 0.259 e. The molecular weight excluding hydrogens is 356 g/mol. The highest BCUT2D eigenvalue weighted by molar-refractivity contribution is 5.84. The molecule has 2 aromatic carbocycles. The van der Waals surface area contributed by atoms with Crippen molar-refractivity contribution in [1.29, 1.82) is 0 Å². The minimum Gasteiger partial charge on any atom is -0.497 e. The standard InChI is InChI=1S/C21H18N4O3/c1-28-16-6-7-18-14(11-16)12-17(21(27)24-18)20-23-8-9-25(20)15-4-2-13(3-5-15)10-19(22)26/h2-9,11-12H,10H2,1H3,(H2,22,26)(H,24,27). The number of carbonyl (C=O) groups is 1. The highest BCUT2D eigenvalue weighted by atomic mass is 16.5. The molecule has 7 nitrogen and oxygen atoms in total. The molecule has 0 fully saturated rings. The number of imidazole rings is 1. The number of pyridine rings is 1. The molecule has 0 unspecified atom stereocenters. The smallest absolute Gasteiger partial charge is 0.259 e. The molecule has 0 aliphatic rings. The molecule has 0 radical (unpaired) electrons. The van der Waals surface area contributed by atoms with Gasteiger partial charge in [0.25, 0.3) is 5.56 Å². The zero-order valence-corrected chi connectivity index (χ0v) is 15.2. The maximum absolute atomic E-state index is 12.7. The predicted octanol–water partition coefficient (Wildman–Crippen LogP) is 2.42. The van der Waals surface area contributed by atoms with E-state index in [2.05, 4.69) is 9.97 Å². The molecule has 2 aromatic heterocycles. The summed E-state index contributed by atoms with van der Waals surface area (Å²) in [4.78, 5) is 31.0. The van der Waals surface area contributed by atoms with Crippen LogP contribution in [0.3, 0.4) is 0 Å². The molecule has 0 spiro atoms. The van der Waals surface area contributed by atoms with Gasteiger partial charge < -0.3 is 15.5 Å². The molecule has 0 bridgehead atoms. The van der Waals surface area contributed by atoms with Crippen LogP contribution in [0, 0.1) is 0 Å². The van der Waals surface area contributed by atoms with Crippen LogP contribution in [0.25, 0.3) is 28.0 Å². The lowest BCUT2D eigenvalue weighted by molar-refractivity contribution is -0.117. The number of methoxy groups -OCH3 is 1. The van der Waals surface area contributed by atoms with Gasteiger partial charge in [-0.05, 0) is 42.0 Å². The largest absolute Gasteiger partial charge is 0.497 e. The molecule has 28 heavy (non-hydrogen) atoms. The van der Waals surface area contributed by atoms with Gasteiger partial charge in [-0.15, -0.1) is 0 Å². The van der Waals surface area contributed by atoms with Gasteiger partial charge >= 0.3 is 0 Å². The number of hydrogen-bond acceptors (Lipinski definition) is 4. The van der Waals surface area contributed by atoms with Gasteiger partial charge in [0.2, 0.25) is 5.91 Å². The van der Waals surface area contributed by atoms with Gasteiger partial charge in [-0.25, -0.2) is 4.98 Å². The second-order valence-electron chi connectivity index (χ2n) is 6.40. The van der Waals surface area contributed by atoms with E-state index in [4.69, 9.17) is 10.5 Å². The van der Waals surface area contributed by atoms with Crippen LogP contribution in [0.5, 0.6) is 5.75 Å². The molecule has 4 rings (SSSR count). The number of aromatic amines is 1. The van der Waals surface area contributed by atoms with Crippen LogP contribution in [0.1, 0.15) is 5.56 Å². The van der Waals surface area contributed by atoms with Crippen LogP contribution in [-0.4, -0.2) is 27.6 Å². The Balaban J connectivity index is 1.79. The number of aromatic nitrogens is 3. The summed E-state index contributed by atoms with van der Waals surface area (Å²) in [5.74, 6) is 0.849. The van der Waals surface area contributed by atoms with Crippen molar-refractivity contribution in [2.24, 2.45) is 5.73 Å². The van der Waals surface area contributed by atoms with Crippen LogP contribution < -0.4 is 16.0 Å². The molecule has 0 aliphatic heterocycles. The number of nitrogens with zero attached hydrogens (tertiary/aromatic N) is 2. The van der Waals surface area contributed by atoms with E-state index in [0.29, 0.717) is 17.1 Å².